The fraction of sp³-hybridized carbons (Fsp3) is 0.778. The van der Waals surface area contributed by atoms with Crippen LogP contribution in [0.1, 0.15) is 19.3 Å². The monoisotopic (exact) mass is 200 g/mol. The molecule has 1 saturated carbocycles. The number of aliphatic carboxylic acids is 1. The molecule has 1 rings (SSSR count). The Balaban J connectivity index is 2.49. The van der Waals surface area contributed by atoms with E-state index in [1.807, 2.05) is 0 Å². The number of hydrogen-bond acceptors (Lipinski definition) is 3. The van der Waals surface area contributed by atoms with Crippen molar-refractivity contribution in [2.45, 2.75) is 24.8 Å². The molecule has 1 aliphatic carbocycles. The number of carbonyl (C=O) groups excluding carboxylic acids is 1. The molecule has 5 heteroatoms. The van der Waals surface area contributed by atoms with Crippen LogP contribution in [0.3, 0.4) is 0 Å². The second-order valence-corrected chi connectivity index (χ2v) is 4.03. The largest absolute Gasteiger partial charge is 0.480 e. The van der Waals surface area contributed by atoms with Gasteiger partial charge in [0.15, 0.2) is 0 Å². The van der Waals surface area contributed by atoms with Gasteiger partial charge in [0.25, 0.3) is 0 Å². The minimum Gasteiger partial charge on any atom is -0.480 e. The average molecular weight is 200 g/mol. The van der Waals surface area contributed by atoms with Crippen molar-refractivity contribution < 1.29 is 14.7 Å². The molecule has 1 aliphatic rings. The maximum absolute atomic E-state index is 11.4. The van der Waals surface area contributed by atoms with Crippen LogP contribution < -0.4 is 5.32 Å². The molecule has 0 spiro atoms. The SMILES string of the molecule is CN(C)CC(=O)NC1(C(=O)O)CCC1. The lowest BCUT2D eigenvalue weighted by Crippen LogP contribution is -2.60. The van der Waals surface area contributed by atoms with E-state index in [1.165, 1.54) is 0 Å². The summed E-state index contributed by atoms with van der Waals surface area (Å²) in [4.78, 5) is 24.0. The molecule has 14 heavy (non-hydrogen) atoms. The van der Waals surface area contributed by atoms with E-state index in [1.54, 1.807) is 19.0 Å². The van der Waals surface area contributed by atoms with Crippen LogP contribution in [-0.4, -0.2) is 48.1 Å². The van der Waals surface area contributed by atoms with Gasteiger partial charge in [0.05, 0.1) is 6.54 Å². The first-order valence-corrected chi connectivity index (χ1v) is 4.65. The van der Waals surface area contributed by atoms with Gasteiger partial charge < -0.3 is 15.3 Å². The zero-order chi connectivity index (χ0) is 10.8. The molecule has 0 aromatic carbocycles. The number of carboxylic acid groups (broad SMARTS) is 1. The Hall–Kier alpha value is -1.10. The summed E-state index contributed by atoms with van der Waals surface area (Å²) in [6, 6.07) is 0. The van der Waals surface area contributed by atoms with E-state index in [2.05, 4.69) is 5.32 Å². The summed E-state index contributed by atoms with van der Waals surface area (Å²) in [5.74, 6) is -1.15. The fourth-order valence-electron chi connectivity index (χ4n) is 1.52. The Morgan fingerprint density at radius 1 is 1.43 bits per heavy atom. The number of rotatable bonds is 4. The van der Waals surface area contributed by atoms with Crippen molar-refractivity contribution in [3.8, 4) is 0 Å². The van der Waals surface area contributed by atoms with Gasteiger partial charge in [-0.05, 0) is 33.4 Å². The predicted molar refractivity (Wildman–Crippen MR) is 50.9 cm³/mol. The van der Waals surface area contributed by atoms with Crippen molar-refractivity contribution >= 4 is 11.9 Å². The Morgan fingerprint density at radius 3 is 2.29 bits per heavy atom. The molecular formula is C9H16N2O3. The van der Waals surface area contributed by atoms with Crippen LogP contribution in [0.2, 0.25) is 0 Å². The highest BCUT2D eigenvalue weighted by Crippen LogP contribution is 2.31. The van der Waals surface area contributed by atoms with Gasteiger partial charge >= 0.3 is 5.97 Å². The van der Waals surface area contributed by atoms with Crippen molar-refractivity contribution in [2.24, 2.45) is 0 Å². The molecule has 0 atom stereocenters. The molecule has 0 heterocycles. The van der Waals surface area contributed by atoms with Crippen molar-refractivity contribution in [1.29, 1.82) is 0 Å². The minimum atomic E-state index is -0.979. The van der Waals surface area contributed by atoms with Gasteiger partial charge in [-0.3, -0.25) is 4.79 Å². The van der Waals surface area contributed by atoms with Gasteiger partial charge in [-0.2, -0.15) is 0 Å². The second kappa shape index (κ2) is 3.96. The Bertz CT molecular complexity index is 246. The topological polar surface area (TPSA) is 69.6 Å². The lowest BCUT2D eigenvalue weighted by Gasteiger charge is -2.38. The van der Waals surface area contributed by atoms with Crippen molar-refractivity contribution in [2.75, 3.05) is 20.6 Å². The third kappa shape index (κ3) is 2.23. The van der Waals surface area contributed by atoms with E-state index < -0.39 is 11.5 Å². The number of nitrogens with one attached hydrogen (secondary N) is 1. The third-order valence-electron chi connectivity index (χ3n) is 2.46. The zero-order valence-corrected chi connectivity index (χ0v) is 8.54. The number of carboxylic acids is 1. The van der Waals surface area contributed by atoms with Crippen LogP contribution in [0, 0.1) is 0 Å². The Labute approximate surface area is 83.1 Å². The van der Waals surface area contributed by atoms with Crippen LogP contribution in [0.25, 0.3) is 0 Å². The fourth-order valence-corrected chi connectivity index (χ4v) is 1.52. The highest BCUT2D eigenvalue weighted by molar-refractivity contribution is 5.88. The second-order valence-electron chi connectivity index (χ2n) is 4.03. The molecule has 0 aromatic rings. The van der Waals surface area contributed by atoms with E-state index >= 15 is 0 Å². The van der Waals surface area contributed by atoms with Crippen molar-refractivity contribution in [3.05, 3.63) is 0 Å². The predicted octanol–water partition coefficient (Wildman–Crippen LogP) is -0.328. The van der Waals surface area contributed by atoms with Gasteiger partial charge in [-0.25, -0.2) is 4.79 Å². The molecule has 0 unspecified atom stereocenters. The Kier molecular flexibility index (Phi) is 3.10. The van der Waals surface area contributed by atoms with Gasteiger partial charge in [-0.15, -0.1) is 0 Å². The van der Waals surface area contributed by atoms with E-state index in [4.69, 9.17) is 5.11 Å². The van der Waals surface area contributed by atoms with E-state index in [0.717, 1.165) is 6.42 Å². The van der Waals surface area contributed by atoms with Crippen LogP contribution >= 0.6 is 0 Å². The van der Waals surface area contributed by atoms with E-state index in [0.29, 0.717) is 12.8 Å². The normalized spacial score (nSPS) is 18.8. The molecule has 0 aliphatic heterocycles. The van der Waals surface area contributed by atoms with Crippen molar-refractivity contribution in [1.82, 2.24) is 10.2 Å². The Morgan fingerprint density at radius 2 is 2.00 bits per heavy atom. The molecule has 0 aromatic heterocycles. The number of carbonyl (C=O) groups is 2. The summed E-state index contributed by atoms with van der Waals surface area (Å²) < 4.78 is 0. The standard InChI is InChI=1S/C9H16N2O3/c1-11(2)6-7(12)10-9(8(13)14)4-3-5-9/h3-6H2,1-2H3,(H,10,12)(H,13,14). The van der Waals surface area contributed by atoms with Gasteiger partial charge in [0.2, 0.25) is 5.91 Å². The summed E-state index contributed by atoms with van der Waals surface area (Å²) >= 11 is 0. The number of hydrogen-bond donors (Lipinski definition) is 2. The van der Waals surface area contributed by atoms with E-state index in [-0.39, 0.29) is 12.5 Å². The lowest BCUT2D eigenvalue weighted by atomic mass is 9.77. The molecule has 0 saturated heterocycles. The lowest BCUT2D eigenvalue weighted by molar-refractivity contribution is -0.151. The first-order chi connectivity index (χ1) is 6.46. The third-order valence-corrected chi connectivity index (χ3v) is 2.46. The van der Waals surface area contributed by atoms with Gasteiger partial charge in [-0.1, -0.05) is 0 Å². The highest BCUT2D eigenvalue weighted by atomic mass is 16.4. The van der Waals surface area contributed by atoms with Gasteiger partial charge in [0, 0.05) is 0 Å². The summed E-state index contributed by atoms with van der Waals surface area (Å²) in [5.41, 5.74) is -0.979. The summed E-state index contributed by atoms with van der Waals surface area (Å²) in [5, 5.41) is 11.5. The molecule has 80 valence electrons. The molecule has 1 fully saturated rings. The molecule has 5 nitrogen and oxygen atoms in total. The molecule has 0 radical (unpaired) electrons. The minimum absolute atomic E-state index is 0.225. The van der Waals surface area contributed by atoms with Crippen molar-refractivity contribution in [3.63, 3.8) is 0 Å². The first kappa shape index (κ1) is 11.0. The molecular weight excluding hydrogens is 184 g/mol. The maximum atomic E-state index is 11.4. The highest BCUT2D eigenvalue weighted by Gasteiger charge is 2.45. The molecule has 0 bridgehead atoms. The van der Waals surface area contributed by atoms with Crippen LogP contribution in [0.15, 0.2) is 0 Å². The average Bonchev–Trinajstić information content (AvgIpc) is 1.94. The van der Waals surface area contributed by atoms with E-state index in [9.17, 15) is 9.59 Å². The summed E-state index contributed by atoms with van der Waals surface area (Å²) in [6.07, 6.45) is 1.96. The number of amides is 1. The molecule has 2 N–H and O–H groups in total. The molecule has 1 amide bonds. The number of nitrogens with zero attached hydrogens (tertiary/aromatic N) is 1. The van der Waals surface area contributed by atoms with Gasteiger partial charge in [0.1, 0.15) is 5.54 Å². The van der Waals surface area contributed by atoms with Crippen LogP contribution in [-0.2, 0) is 9.59 Å². The smallest absolute Gasteiger partial charge is 0.329 e. The summed E-state index contributed by atoms with van der Waals surface area (Å²) in [6.45, 7) is 0.231. The first-order valence-electron chi connectivity index (χ1n) is 4.65. The summed E-state index contributed by atoms with van der Waals surface area (Å²) in [7, 11) is 3.54. The van der Waals surface area contributed by atoms with Crippen LogP contribution in [0.4, 0.5) is 0 Å². The maximum Gasteiger partial charge on any atom is 0.329 e. The van der Waals surface area contributed by atoms with Crippen LogP contribution in [0.5, 0.6) is 0 Å². The quantitative estimate of drug-likeness (QED) is 0.652. The zero-order valence-electron chi connectivity index (χ0n) is 8.54. The number of likely N-dealkylation sites (N-methyl/N-ethyl adjacent to an activating group) is 1.